The molecule has 1 amide bonds. The normalized spacial score (nSPS) is 15.8. The number of aromatic nitrogens is 2. The molecule has 0 fully saturated rings. The van der Waals surface area contributed by atoms with Crippen molar-refractivity contribution in [2.45, 2.75) is 23.2 Å². The number of nitrogens with one attached hydrogen (secondary N) is 2. The number of halogens is 2. The topological polar surface area (TPSA) is 74.8 Å². The molecule has 8 heteroatoms. The molecule has 4 rings (SSSR count). The van der Waals surface area contributed by atoms with Crippen LogP contribution < -0.4 is 10.9 Å². The minimum atomic E-state index is -0.427. The van der Waals surface area contributed by atoms with E-state index in [1.54, 1.807) is 36.4 Å². The first-order valence-corrected chi connectivity index (χ1v) is 9.93. The minimum absolute atomic E-state index is 0.139. The first kappa shape index (κ1) is 18.7. The number of thioether (sulfide) groups is 1. The Balaban J connectivity index is 1.67. The Kier molecular flexibility index (Phi) is 5.19. The zero-order valence-electron chi connectivity index (χ0n) is 14.5. The first-order chi connectivity index (χ1) is 13.5. The predicted octanol–water partition coefficient (Wildman–Crippen LogP) is 4.33. The number of hydrogen-bond acceptors (Lipinski definition) is 4. The Hall–Kier alpha value is -2.64. The molecule has 0 aliphatic carbocycles. The van der Waals surface area contributed by atoms with Gasteiger partial charge in [0.05, 0.1) is 5.56 Å². The average molecular weight is 416 g/mol. The van der Waals surface area contributed by atoms with Crippen molar-refractivity contribution in [2.24, 2.45) is 0 Å². The maximum absolute atomic E-state index is 13.8. The Labute approximate surface area is 169 Å². The number of fused-ring (bicyclic) bond motifs is 1. The van der Waals surface area contributed by atoms with E-state index in [9.17, 15) is 14.0 Å². The molecular weight excluding hydrogens is 401 g/mol. The van der Waals surface area contributed by atoms with Gasteiger partial charge in [0, 0.05) is 23.1 Å². The highest BCUT2D eigenvalue weighted by Gasteiger charge is 2.31. The van der Waals surface area contributed by atoms with E-state index >= 15 is 0 Å². The number of amides is 1. The molecule has 2 aromatic carbocycles. The molecule has 1 aliphatic rings. The molecule has 0 radical (unpaired) electrons. The molecule has 2 N–H and O–H groups in total. The van der Waals surface area contributed by atoms with Crippen LogP contribution >= 0.6 is 23.4 Å². The predicted molar refractivity (Wildman–Crippen MR) is 107 cm³/mol. The van der Waals surface area contributed by atoms with Gasteiger partial charge in [-0.2, -0.15) is 0 Å². The summed E-state index contributed by atoms with van der Waals surface area (Å²) in [7, 11) is 0. The summed E-state index contributed by atoms with van der Waals surface area (Å²) >= 11 is 7.27. The summed E-state index contributed by atoms with van der Waals surface area (Å²) in [5.74, 6) is -0.421. The fourth-order valence-electron chi connectivity index (χ4n) is 3.19. The van der Waals surface area contributed by atoms with Crippen molar-refractivity contribution in [1.82, 2.24) is 9.97 Å². The summed E-state index contributed by atoms with van der Waals surface area (Å²) in [5.41, 5.74) is 1.36. The lowest BCUT2D eigenvalue weighted by molar-refractivity contribution is -0.116. The van der Waals surface area contributed by atoms with Gasteiger partial charge >= 0.3 is 0 Å². The maximum atomic E-state index is 13.8. The van der Waals surface area contributed by atoms with Crippen molar-refractivity contribution in [3.63, 3.8) is 0 Å². The first-order valence-electron chi connectivity index (χ1n) is 8.57. The SMILES string of the molecule is O=C1CC(c2cccc(Cl)c2)c2c(nc(SCc3ccccc3F)[nH]c2=O)N1. The molecule has 1 aromatic heterocycles. The zero-order chi connectivity index (χ0) is 19.7. The molecule has 2 heterocycles. The van der Waals surface area contributed by atoms with Crippen molar-refractivity contribution >= 4 is 35.1 Å². The van der Waals surface area contributed by atoms with E-state index in [1.165, 1.54) is 17.8 Å². The molecule has 5 nitrogen and oxygen atoms in total. The van der Waals surface area contributed by atoms with E-state index in [4.69, 9.17) is 11.6 Å². The van der Waals surface area contributed by atoms with E-state index in [2.05, 4.69) is 15.3 Å². The van der Waals surface area contributed by atoms with E-state index in [1.807, 2.05) is 6.07 Å². The van der Waals surface area contributed by atoms with Gasteiger partial charge in [-0.05, 0) is 29.3 Å². The number of nitrogens with zero attached hydrogens (tertiary/aromatic N) is 1. The number of rotatable bonds is 4. The minimum Gasteiger partial charge on any atom is -0.310 e. The lowest BCUT2D eigenvalue weighted by Crippen LogP contribution is -2.31. The standard InChI is InChI=1S/C20H15ClFN3O2S/c21-13-6-3-5-11(8-13)14-9-16(26)23-18-17(14)19(27)25-20(24-18)28-10-12-4-1-2-7-15(12)22/h1-8,14H,9-10H2,(H2,23,24,25,26,27). The summed E-state index contributed by atoms with van der Waals surface area (Å²) in [6.45, 7) is 0. The molecule has 1 aliphatic heterocycles. The van der Waals surface area contributed by atoms with Gasteiger partial charge in [0.15, 0.2) is 5.16 Å². The summed E-state index contributed by atoms with van der Waals surface area (Å²) in [6, 6.07) is 13.5. The van der Waals surface area contributed by atoms with Crippen LogP contribution in [0.4, 0.5) is 10.2 Å². The largest absolute Gasteiger partial charge is 0.310 e. The molecule has 1 atom stereocenters. The summed E-state index contributed by atoms with van der Waals surface area (Å²) in [4.78, 5) is 32.1. The third kappa shape index (κ3) is 3.81. The summed E-state index contributed by atoms with van der Waals surface area (Å²) in [6.07, 6.45) is 0.139. The Bertz CT molecular complexity index is 1120. The van der Waals surface area contributed by atoms with Crippen molar-refractivity contribution in [1.29, 1.82) is 0 Å². The van der Waals surface area contributed by atoms with Crippen molar-refractivity contribution in [3.8, 4) is 0 Å². The van der Waals surface area contributed by atoms with Crippen LogP contribution in [-0.2, 0) is 10.5 Å². The van der Waals surface area contributed by atoms with Crippen LogP contribution in [0.2, 0.25) is 5.02 Å². The second kappa shape index (κ2) is 7.77. The van der Waals surface area contributed by atoms with Crippen molar-refractivity contribution in [2.75, 3.05) is 5.32 Å². The molecule has 3 aromatic rings. The smallest absolute Gasteiger partial charge is 0.257 e. The molecular formula is C20H15ClFN3O2S. The number of anilines is 1. The van der Waals surface area contributed by atoms with Gasteiger partial charge in [0.2, 0.25) is 5.91 Å². The number of carbonyl (C=O) groups excluding carboxylic acids is 1. The summed E-state index contributed by atoms with van der Waals surface area (Å²) < 4.78 is 13.8. The number of hydrogen-bond donors (Lipinski definition) is 2. The highest BCUT2D eigenvalue weighted by Crippen LogP contribution is 2.35. The highest BCUT2D eigenvalue weighted by atomic mass is 35.5. The van der Waals surface area contributed by atoms with Crippen LogP contribution in [0, 0.1) is 5.82 Å². The fourth-order valence-corrected chi connectivity index (χ4v) is 4.23. The van der Waals surface area contributed by atoms with Crippen molar-refractivity contribution < 1.29 is 9.18 Å². The lowest BCUT2D eigenvalue weighted by Gasteiger charge is -2.24. The van der Waals surface area contributed by atoms with Gasteiger partial charge < -0.3 is 10.3 Å². The lowest BCUT2D eigenvalue weighted by atomic mass is 9.87. The van der Waals surface area contributed by atoms with Crippen LogP contribution in [0.1, 0.15) is 29.0 Å². The molecule has 0 saturated carbocycles. The highest BCUT2D eigenvalue weighted by molar-refractivity contribution is 7.98. The van der Waals surface area contributed by atoms with Gasteiger partial charge in [-0.15, -0.1) is 0 Å². The average Bonchev–Trinajstić information content (AvgIpc) is 2.66. The Morgan fingerprint density at radius 3 is 2.79 bits per heavy atom. The second-order valence-corrected chi connectivity index (χ2v) is 7.77. The number of H-pyrrole nitrogens is 1. The number of benzene rings is 2. The van der Waals surface area contributed by atoms with Crippen LogP contribution in [0.5, 0.6) is 0 Å². The zero-order valence-corrected chi connectivity index (χ0v) is 16.1. The third-order valence-corrected chi connectivity index (χ3v) is 5.66. The molecule has 142 valence electrons. The summed E-state index contributed by atoms with van der Waals surface area (Å²) in [5, 5.41) is 3.53. The van der Waals surface area contributed by atoms with E-state index < -0.39 is 5.92 Å². The van der Waals surface area contributed by atoms with Crippen LogP contribution in [0.15, 0.2) is 58.5 Å². The van der Waals surface area contributed by atoms with Gasteiger partial charge in [-0.3, -0.25) is 9.59 Å². The van der Waals surface area contributed by atoms with E-state index in [0.29, 0.717) is 27.1 Å². The van der Waals surface area contributed by atoms with E-state index in [0.717, 1.165) is 5.56 Å². The fraction of sp³-hybridized carbons (Fsp3) is 0.150. The molecule has 1 unspecified atom stereocenters. The van der Waals surface area contributed by atoms with Gasteiger partial charge in [-0.1, -0.05) is 53.7 Å². The van der Waals surface area contributed by atoms with Crippen molar-refractivity contribution in [3.05, 3.63) is 86.4 Å². The van der Waals surface area contributed by atoms with Crippen LogP contribution in [0.25, 0.3) is 0 Å². The van der Waals surface area contributed by atoms with Gasteiger partial charge in [0.25, 0.3) is 5.56 Å². The Morgan fingerprint density at radius 1 is 1.18 bits per heavy atom. The molecule has 0 spiro atoms. The molecule has 0 bridgehead atoms. The number of aromatic amines is 1. The maximum Gasteiger partial charge on any atom is 0.257 e. The number of carbonyl (C=O) groups is 1. The van der Waals surface area contributed by atoms with Crippen LogP contribution in [-0.4, -0.2) is 15.9 Å². The monoisotopic (exact) mass is 415 g/mol. The molecule has 28 heavy (non-hydrogen) atoms. The Morgan fingerprint density at radius 2 is 2.00 bits per heavy atom. The van der Waals surface area contributed by atoms with Gasteiger partial charge in [0.1, 0.15) is 11.6 Å². The van der Waals surface area contributed by atoms with E-state index in [-0.39, 0.29) is 29.5 Å². The molecule has 0 saturated heterocycles. The van der Waals surface area contributed by atoms with Crippen LogP contribution in [0.3, 0.4) is 0 Å². The quantitative estimate of drug-likeness (QED) is 0.491. The third-order valence-electron chi connectivity index (χ3n) is 4.50. The second-order valence-electron chi connectivity index (χ2n) is 6.37. The van der Waals surface area contributed by atoms with Gasteiger partial charge in [-0.25, -0.2) is 9.37 Å².